The van der Waals surface area contributed by atoms with Crippen LogP contribution in [0.25, 0.3) is 11.0 Å². The van der Waals surface area contributed by atoms with Crippen molar-refractivity contribution in [3.63, 3.8) is 0 Å². The number of imidazole rings is 1. The molecule has 0 bridgehead atoms. The number of halogens is 1. The average molecular weight is 476 g/mol. The van der Waals surface area contributed by atoms with Gasteiger partial charge >= 0.3 is 0 Å². The van der Waals surface area contributed by atoms with Crippen LogP contribution in [-0.4, -0.2) is 28.6 Å². The lowest BCUT2D eigenvalue weighted by Gasteiger charge is -2.11. The molecule has 0 aliphatic carbocycles. The molecule has 0 atom stereocenters. The van der Waals surface area contributed by atoms with E-state index in [-0.39, 0.29) is 5.91 Å². The van der Waals surface area contributed by atoms with Crippen molar-refractivity contribution in [1.29, 1.82) is 0 Å². The van der Waals surface area contributed by atoms with Crippen LogP contribution in [0.3, 0.4) is 0 Å². The number of amides is 1. The summed E-state index contributed by atoms with van der Waals surface area (Å²) in [5.74, 6) is 1.84. The van der Waals surface area contributed by atoms with E-state index in [2.05, 4.69) is 28.1 Å². The first-order chi connectivity index (χ1) is 16.7. The van der Waals surface area contributed by atoms with Gasteiger partial charge in [0.15, 0.2) is 0 Å². The zero-order chi connectivity index (χ0) is 23.6. The van der Waals surface area contributed by atoms with E-state index in [0.717, 1.165) is 49.1 Å². The fourth-order valence-corrected chi connectivity index (χ4v) is 4.19. The fourth-order valence-electron chi connectivity index (χ4n) is 4.00. The third kappa shape index (κ3) is 6.61. The van der Waals surface area contributed by atoms with Gasteiger partial charge in [0.1, 0.15) is 11.6 Å². The highest BCUT2D eigenvalue weighted by Gasteiger charge is 2.11. The second-order valence-electron chi connectivity index (χ2n) is 8.24. The van der Waals surface area contributed by atoms with Gasteiger partial charge in [0, 0.05) is 25.9 Å². The van der Waals surface area contributed by atoms with Gasteiger partial charge in [-0.2, -0.15) is 0 Å². The Hall–Kier alpha value is -3.31. The number of fused-ring (bicyclic) bond motifs is 1. The van der Waals surface area contributed by atoms with Crippen LogP contribution in [0, 0.1) is 0 Å². The molecule has 34 heavy (non-hydrogen) atoms. The summed E-state index contributed by atoms with van der Waals surface area (Å²) in [5.41, 5.74) is 3.31. The van der Waals surface area contributed by atoms with Gasteiger partial charge in [-0.1, -0.05) is 66.2 Å². The molecule has 1 amide bonds. The number of carbonyl (C=O) groups excluding carboxylic acids is 1. The Morgan fingerprint density at radius 1 is 0.912 bits per heavy atom. The van der Waals surface area contributed by atoms with Crippen molar-refractivity contribution in [2.45, 2.75) is 38.6 Å². The number of hydrogen-bond acceptors (Lipinski definition) is 3. The Labute approximate surface area is 205 Å². The molecule has 4 rings (SSSR count). The first kappa shape index (κ1) is 23.8. The molecule has 0 saturated carbocycles. The molecule has 1 aromatic heterocycles. The molecule has 6 heteroatoms. The molecule has 0 aliphatic rings. The molecule has 0 aliphatic heterocycles. The summed E-state index contributed by atoms with van der Waals surface area (Å²) in [6.07, 6.45) is 3.76. The van der Waals surface area contributed by atoms with Crippen LogP contribution in [0.4, 0.5) is 0 Å². The number of hydrogen-bond donors (Lipinski definition) is 1. The molecule has 0 saturated heterocycles. The Bertz CT molecular complexity index is 1210. The average Bonchev–Trinajstić information content (AvgIpc) is 3.22. The highest BCUT2D eigenvalue weighted by atomic mass is 35.5. The van der Waals surface area contributed by atoms with Gasteiger partial charge in [0.05, 0.1) is 22.7 Å². The van der Waals surface area contributed by atoms with Crippen molar-refractivity contribution in [2.24, 2.45) is 0 Å². The number of rotatable bonds is 12. The molecule has 0 radical (unpaired) electrons. The largest absolute Gasteiger partial charge is 0.492 e. The topological polar surface area (TPSA) is 56.2 Å². The van der Waals surface area contributed by atoms with Crippen molar-refractivity contribution in [3.05, 3.63) is 95.3 Å². The summed E-state index contributed by atoms with van der Waals surface area (Å²) in [5, 5.41) is 3.67. The number of benzene rings is 3. The van der Waals surface area contributed by atoms with Gasteiger partial charge in [-0.15, -0.1) is 0 Å². The summed E-state index contributed by atoms with van der Waals surface area (Å²) >= 11 is 6.18. The maximum absolute atomic E-state index is 12.2. The maximum atomic E-state index is 12.2. The van der Waals surface area contributed by atoms with Crippen molar-refractivity contribution in [1.82, 2.24) is 14.9 Å². The molecule has 5 nitrogen and oxygen atoms in total. The third-order valence-corrected chi connectivity index (χ3v) is 6.05. The molecule has 1 heterocycles. The molecule has 0 unspecified atom stereocenters. The van der Waals surface area contributed by atoms with E-state index in [9.17, 15) is 4.79 Å². The number of carbonyl (C=O) groups is 1. The number of nitrogens with zero attached hydrogens (tertiary/aromatic N) is 2. The van der Waals surface area contributed by atoms with E-state index in [1.807, 2.05) is 60.7 Å². The number of para-hydroxylation sites is 3. The van der Waals surface area contributed by atoms with Gasteiger partial charge in [0.25, 0.3) is 0 Å². The van der Waals surface area contributed by atoms with Crippen LogP contribution in [0.15, 0.2) is 78.9 Å². The van der Waals surface area contributed by atoms with Crippen LogP contribution >= 0.6 is 11.6 Å². The van der Waals surface area contributed by atoms with Gasteiger partial charge in [-0.3, -0.25) is 4.79 Å². The minimum absolute atomic E-state index is 0.0917. The Morgan fingerprint density at radius 3 is 2.53 bits per heavy atom. The van der Waals surface area contributed by atoms with Crippen molar-refractivity contribution in [2.75, 3.05) is 13.2 Å². The van der Waals surface area contributed by atoms with Gasteiger partial charge < -0.3 is 14.6 Å². The van der Waals surface area contributed by atoms with E-state index in [0.29, 0.717) is 30.3 Å². The predicted molar refractivity (Wildman–Crippen MR) is 137 cm³/mol. The summed E-state index contributed by atoms with van der Waals surface area (Å²) in [4.78, 5) is 17.0. The number of nitrogens with one attached hydrogen (secondary N) is 1. The lowest BCUT2D eigenvalue weighted by atomic mass is 10.1. The second kappa shape index (κ2) is 12.2. The lowest BCUT2D eigenvalue weighted by Crippen LogP contribution is -2.25. The number of aryl methyl sites for hydroxylation is 3. The summed E-state index contributed by atoms with van der Waals surface area (Å²) in [6, 6.07) is 25.8. The maximum Gasteiger partial charge on any atom is 0.220 e. The molecule has 4 aromatic rings. The summed E-state index contributed by atoms with van der Waals surface area (Å²) in [6.45, 7) is 2.03. The lowest BCUT2D eigenvalue weighted by molar-refractivity contribution is -0.121. The zero-order valence-corrected chi connectivity index (χ0v) is 20.0. The van der Waals surface area contributed by atoms with Crippen LogP contribution < -0.4 is 10.1 Å². The highest BCUT2D eigenvalue weighted by Crippen LogP contribution is 2.23. The van der Waals surface area contributed by atoms with Gasteiger partial charge in [-0.05, 0) is 49.1 Å². The standard InChI is InChI=1S/C28H30ClN3O2/c29-23-12-4-7-15-26(23)34-21-9-20-32-25-14-6-5-13-24(25)31-27(32)16-8-19-30-28(33)18-17-22-10-2-1-3-11-22/h1-7,10-15H,8-9,16-21H2,(H,30,33). The van der Waals surface area contributed by atoms with Gasteiger partial charge in [0.2, 0.25) is 5.91 Å². The van der Waals surface area contributed by atoms with E-state index >= 15 is 0 Å². The van der Waals surface area contributed by atoms with Crippen molar-refractivity contribution >= 4 is 28.5 Å². The van der Waals surface area contributed by atoms with E-state index in [4.69, 9.17) is 21.3 Å². The smallest absolute Gasteiger partial charge is 0.220 e. The van der Waals surface area contributed by atoms with Crippen molar-refractivity contribution < 1.29 is 9.53 Å². The molecular formula is C28H30ClN3O2. The van der Waals surface area contributed by atoms with Crippen LogP contribution in [0.5, 0.6) is 5.75 Å². The van der Waals surface area contributed by atoms with Crippen LogP contribution in [0.2, 0.25) is 5.02 Å². The monoisotopic (exact) mass is 475 g/mol. The SMILES string of the molecule is O=C(CCc1ccccc1)NCCCc1nc2ccccc2n1CCCOc1ccccc1Cl. The minimum Gasteiger partial charge on any atom is -0.492 e. The summed E-state index contributed by atoms with van der Waals surface area (Å²) in [7, 11) is 0. The highest BCUT2D eigenvalue weighted by molar-refractivity contribution is 6.32. The summed E-state index contributed by atoms with van der Waals surface area (Å²) < 4.78 is 8.12. The van der Waals surface area contributed by atoms with E-state index in [1.165, 1.54) is 5.56 Å². The van der Waals surface area contributed by atoms with Crippen LogP contribution in [0.1, 0.15) is 30.7 Å². The van der Waals surface area contributed by atoms with Crippen LogP contribution in [-0.2, 0) is 24.2 Å². The Morgan fingerprint density at radius 2 is 1.68 bits per heavy atom. The molecule has 3 aromatic carbocycles. The fraction of sp³-hybridized carbons (Fsp3) is 0.286. The Balaban J connectivity index is 1.26. The normalized spacial score (nSPS) is 11.0. The predicted octanol–water partition coefficient (Wildman–Crippen LogP) is 5.84. The van der Waals surface area contributed by atoms with Crippen molar-refractivity contribution in [3.8, 4) is 5.75 Å². The molecule has 0 spiro atoms. The first-order valence-electron chi connectivity index (χ1n) is 11.8. The molecule has 1 N–H and O–H groups in total. The van der Waals surface area contributed by atoms with E-state index < -0.39 is 0 Å². The molecular weight excluding hydrogens is 446 g/mol. The third-order valence-electron chi connectivity index (χ3n) is 5.74. The second-order valence-corrected chi connectivity index (χ2v) is 8.65. The number of ether oxygens (including phenoxy) is 1. The molecule has 0 fully saturated rings. The number of aromatic nitrogens is 2. The van der Waals surface area contributed by atoms with Gasteiger partial charge in [-0.25, -0.2) is 4.98 Å². The quantitative estimate of drug-likeness (QED) is 0.262. The molecule has 176 valence electrons. The van der Waals surface area contributed by atoms with E-state index in [1.54, 1.807) is 0 Å². The zero-order valence-electron chi connectivity index (χ0n) is 19.3. The minimum atomic E-state index is 0.0917. The Kier molecular flexibility index (Phi) is 8.58. The first-order valence-corrected chi connectivity index (χ1v) is 12.2.